The molecule has 0 bridgehead atoms. The highest BCUT2D eigenvalue weighted by molar-refractivity contribution is 8.01. The number of nitrogens with one attached hydrogen (secondary N) is 1. The van der Waals surface area contributed by atoms with Gasteiger partial charge in [-0.15, -0.1) is 11.8 Å². The van der Waals surface area contributed by atoms with E-state index < -0.39 is 0 Å². The zero-order valence-corrected chi connectivity index (χ0v) is 11.4. The Hall–Kier alpha value is -1.81. The fraction of sp³-hybridized carbons (Fsp3) is 0.200. The van der Waals surface area contributed by atoms with Gasteiger partial charge in [0.15, 0.2) is 0 Å². The van der Waals surface area contributed by atoms with E-state index in [-0.39, 0.29) is 11.2 Å². The van der Waals surface area contributed by atoms with Crippen LogP contribution in [0.15, 0.2) is 47.5 Å². The first-order valence-electron chi connectivity index (χ1n) is 6.21. The SMILES string of the molecule is Cc1cccnc1NC(=O)[C@H]1Cc2ccccc2S1. The van der Waals surface area contributed by atoms with Gasteiger partial charge in [-0.2, -0.15) is 0 Å². The van der Waals surface area contributed by atoms with Crippen LogP contribution in [0.3, 0.4) is 0 Å². The molecule has 1 N–H and O–H groups in total. The van der Waals surface area contributed by atoms with Crippen molar-refractivity contribution in [1.29, 1.82) is 0 Å². The molecule has 0 aliphatic carbocycles. The summed E-state index contributed by atoms with van der Waals surface area (Å²) in [6.07, 6.45) is 2.48. The molecule has 3 nitrogen and oxygen atoms in total. The van der Waals surface area contributed by atoms with Crippen LogP contribution in [-0.4, -0.2) is 16.1 Å². The standard InChI is InChI=1S/C15H14N2OS/c1-10-5-4-8-16-14(10)17-15(18)13-9-11-6-2-3-7-12(11)19-13/h2-8,13H,9H2,1H3,(H,16,17,18)/t13-/m1/s1. The minimum Gasteiger partial charge on any atom is -0.309 e. The summed E-state index contributed by atoms with van der Waals surface area (Å²) in [6.45, 7) is 1.94. The van der Waals surface area contributed by atoms with Gasteiger partial charge < -0.3 is 5.32 Å². The van der Waals surface area contributed by atoms with Crippen LogP contribution < -0.4 is 5.32 Å². The van der Waals surface area contributed by atoms with Crippen molar-refractivity contribution in [2.24, 2.45) is 0 Å². The van der Waals surface area contributed by atoms with Crippen LogP contribution >= 0.6 is 11.8 Å². The van der Waals surface area contributed by atoms with Crippen molar-refractivity contribution in [3.8, 4) is 0 Å². The average molecular weight is 270 g/mol. The lowest BCUT2D eigenvalue weighted by Gasteiger charge is -2.10. The minimum atomic E-state index is -0.0567. The Morgan fingerprint density at radius 2 is 2.16 bits per heavy atom. The predicted octanol–water partition coefficient (Wildman–Crippen LogP) is 3.05. The highest BCUT2D eigenvalue weighted by atomic mass is 32.2. The fourth-order valence-electron chi connectivity index (χ4n) is 2.14. The molecule has 1 aliphatic heterocycles. The number of nitrogens with zero attached hydrogens (tertiary/aromatic N) is 1. The molecule has 1 aliphatic rings. The number of fused-ring (bicyclic) bond motifs is 1. The smallest absolute Gasteiger partial charge is 0.239 e. The molecule has 1 aromatic heterocycles. The summed E-state index contributed by atoms with van der Waals surface area (Å²) in [6, 6.07) is 12.0. The molecule has 0 unspecified atom stereocenters. The zero-order chi connectivity index (χ0) is 13.2. The number of hydrogen-bond donors (Lipinski definition) is 1. The van der Waals surface area contributed by atoms with E-state index in [0.717, 1.165) is 12.0 Å². The molecule has 19 heavy (non-hydrogen) atoms. The largest absolute Gasteiger partial charge is 0.309 e. The van der Waals surface area contributed by atoms with Crippen molar-refractivity contribution in [1.82, 2.24) is 4.98 Å². The van der Waals surface area contributed by atoms with Crippen molar-refractivity contribution >= 4 is 23.5 Å². The molecular weight excluding hydrogens is 256 g/mol. The number of aromatic nitrogens is 1. The highest BCUT2D eigenvalue weighted by Crippen LogP contribution is 2.37. The summed E-state index contributed by atoms with van der Waals surface area (Å²) in [7, 11) is 0. The van der Waals surface area contributed by atoms with Crippen LogP contribution in [0.25, 0.3) is 0 Å². The Balaban J connectivity index is 1.72. The maximum Gasteiger partial charge on any atom is 0.239 e. The number of carbonyl (C=O) groups excluding carboxylic acids is 1. The van der Waals surface area contributed by atoms with E-state index in [0.29, 0.717) is 5.82 Å². The number of amides is 1. The molecule has 0 radical (unpaired) electrons. The number of thioether (sulfide) groups is 1. The molecule has 1 amide bonds. The monoisotopic (exact) mass is 270 g/mol. The lowest BCUT2D eigenvalue weighted by Crippen LogP contribution is -2.25. The third-order valence-corrected chi connectivity index (χ3v) is 4.51. The van der Waals surface area contributed by atoms with Crippen molar-refractivity contribution in [3.05, 3.63) is 53.7 Å². The van der Waals surface area contributed by atoms with Gasteiger partial charge in [-0.05, 0) is 36.6 Å². The van der Waals surface area contributed by atoms with Crippen molar-refractivity contribution in [3.63, 3.8) is 0 Å². The van der Waals surface area contributed by atoms with Crippen LogP contribution in [0.2, 0.25) is 0 Å². The van der Waals surface area contributed by atoms with Crippen molar-refractivity contribution < 1.29 is 4.79 Å². The molecular formula is C15H14N2OS. The lowest BCUT2D eigenvalue weighted by atomic mass is 10.1. The van der Waals surface area contributed by atoms with E-state index in [9.17, 15) is 4.79 Å². The number of rotatable bonds is 2. The first kappa shape index (κ1) is 12.2. The molecule has 0 saturated heterocycles. The van der Waals surface area contributed by atoms with Gasteiger partial charge >= 0.3 is 0 Å². The van der Waals surface area contributed by atoms with Gasteiger partial charge in [0, 0.05) is 11.1 Å². The quantitative estimate of drug-likeness (QED) is 0.912. The highest BCUT2D eigenvalue weighted by Gasteiger charge is 2.28. The Bertz CT molecular complexity index is 602. The van der Waals surface area contributed by atoms with Gasteiger partial charge in [-0.1, -0.05) is 24.3 Å². The topological polar surface area (TPSA) is 42.0 Å². The maximum absolute atomic E-state index is 12.3. The van der Waals surface area contributed by atoms with Gasteiger partial charge in [-0.3, -0.25) is 4.79 Å². The second-order valence-electron chi connectivity index (χ2n) is 4.58. The second-order valence-corrected chi connectivity index (χ2v) is 5.82. The number of pyridine rings is 1. The normalized spacial score (nSPS) is 17.0. The molecule has 2 heterocycles. The fourth-order valence-corrected chi connectivity index (χ4v) is 3.34. The molecule has 3 rings (SSSR count). The summed E-state index contributed by atoms with van der Waals surface area (Å²) in [5, 5.41) is 2.86. The van der Waals surface area contributed by atoms with Crippen LogP contribution in [0.4, 0.5) is 5.82 Å². The molecule has 0 spiro atoms. The van der Waals surface area contributed by atoms with Gasteiger partial charge in [0.2, 0.25) is 5.91 Å². The Kier molecular flexibility index (Phi) is 3.25. The number of benzene rings is 1. The van der Waals surface area contributed by atoms with E-state index in [4.69, 9.17) is 0 Å². The third-order valence-electron chi connectivity index (χ3n) is 3.19. The Labute approximate surface area is 116 Å². The van der Waals surface area contributed by atoms with E-state index in [2.05, 4.69) is 22.4 Å². The van der Waals surface area contributed by atoms with E-state index >= 15 is 0 Å². The molecule has 4 heteroatoms. The molecule has 0 saturated carbocycles. The van der Waals surface area contributed by atoms with Crippen LogP contribution in [-0.2, 0) is 11.2 Å². The van der Waals surface area contributed by atoms with Crippen molar-refractivity contribution in [2.45, 2.75) is 23.5 Å². The Morgan fingerprint density at radius 1 is 1.32 bits per heavy atom. The average Bonchev–Trinajstić information content (AvgIpc) is 2.85. The summed E-state index contributed by atoms with van der Waals surface area (Å²) in [5.41, 5.74) is 2.24. The van der Waals surface area contributed by atoms with Gasteiger partial charge in [0.05, 0.1) is 5.25 Å². The summed E-state index contributed by atoms with van der Waals surface area (Å²) in [4.78, 5) is 17.7. The second kappa shape index (κ2) is 5.05. The summed E-state index contributed by atoms with van der Waals surface area (Å²) >= 11 is 1.63. The van der Waals surface area contributed by atoms with Crippen LogP contribution in [0.1, 0.15) is 11.1 Å². The number of carbonyl (C=O) groups is 1. The summed E-state index contributed by atoms with van der Waals surface area (Å²) in [5.74, 6) is 0.687. The van der Waals surface area contributed by atoms with Gasteiger partial charge in [0.1, 0.15) is 5.82 Å². The Morgan fingerprint density at radius 3 is 2.95 bits per heavy atom. The number of hydrogen-bond acceptors (Lipinski definition) is 3. The maximum atomic E-state index is 12.3. The number of anilines is 1. The van der Waals surface area contributed by atoms with E-state index in [1.54, 1.807) is 18.0 Å². The first-order valence-corrected chi connectivity index (χ1v) is 7.09. The third kappa shape index (κ3) is 2.49. The molecule has 96 valence electrons. The van der Waals surface area contributed by atoms with Gasteiger partial charge in [0.25, 0.3) is 0 Å². The van der Waals surface area contributed by atoms with E-state index in [1.807, 2.05) is 31.2 Å². The zero-order valence-electron chi connectivity index (χ0n) is 10.6. The van der Waals surface area contributed by atoms with E-state index in [1.165, 1.54) is 10.5 Å². The molecule has 0 fully saturated rings. The first-order chi connectivity index (χ1) is 9.24. The van der Waals surface area contributed by atoms with Crippen molar-refractivity contribution in [2.75, 3.05) is 5.32 Å². The minimum absolute atomic E-state index is 0.0306. The molecule has 2 aromatic rings. The van der Waals surface area contributed by atoms with Crippen LogP contribution in [0, 0.1) is 6.92 Å². The molecule has 1 aromatic carbocycles. The van der Waals surface area contributed by atoms with Gasteiger partial charge in [-0.25, -0.2) is 4.98 Å². The lowest BCUT2D eigenvalue weighted by molar-refractivity contribution is -0.115. The number of aryl methyl sites for hydroxylation is 1. The predicted molar refractivity (Wildman–Crippen MR) is 77.4 cm³/mol. The van der Waals surface area contributed by atoms with Crippen LogP contribution in [0.5, 0.6) is 0 Å². The molecule has 1 atom stereocenters. The summed E-state index contributed by atoms with van der Waals surface area (Å²) < 4.78 is 0.